The number of carboxylic acid groups (broad SMARTS) is 1. The van der Waals surface area contributed by atoms with Gasteiger partial charge in [-0.2, -0.15) is 0 Å². The molecule has 0 spiro atoms. The molecule has 2 aliphatic heterocycles. The second-order valence-electron chi connectivity index (χ2n) is 11.1. The molecule has 0 saturated carbocycles. The summed E-state index contributed by atoms with van der Waals surface area (Å²) in [5, 5.41) is 15.5. The highest BCUT2D eigenvalue weighted by atomic mass is 35.5. The van der Waals surface area contributed by atoms with Crippen molar-refractivity contribution in [3.05, 3.63) is 101 Å². The SMILES string of the molecule is O=C(O)c1ccc(F)c(-c2cc(NC(=O)c3ccc(OC4CCN(Cl)C4)c(-c4ccc(F)c(F)c4)c3)ccc2OC2CCNC2)c1. The molecule has 2 unspecified atom stereocenters. The molecule has 2 atom stereocenters. The van der Waals surface area contributed by atoms with Gasteiger partial charge in [0.2, 0.25) is 0 Å². The van der Waals surface area contributed by atoms with Gasteiger partial charge in [-0.25, -0.2) is 22.4 Å². The molecule has 4 aromatic rings. The van der Waals surface area contributed by atoms with E-state index in [1.54, 1.807) is 28.7 Å². The minimum absolute atomic E-state index is 0.00139. The molecule has 0 aromatic heterocycles. The van der Waals surface area contributed by atoms with Crippen LogP contribution in [0, 0.1) is 17.5 Å². The van der Waals surface area contributed by atoms with Gasteiger partial charge in [0.15, 0.2) is 11.6 Å². The molecule has 3 N–H and O–H groups in total. The average molecular weight is 652 g/mol. The van der Waals surface area contributed by atoms with E-state index < -0.39 is 29.3 Å². The number of hydrogen-bond donors (Lipinski definition) is 3. The smallest absolute Gasteiger partial charge is 0.335 e. The van der Waals surface area contributed by atoms with Gasteiger partial charge in [-0.15, -0.1) is 0 Å². The van der Waals surface area contributed by atoms with E-state index in [1.807, 2.05) is 0 Å². The third kappa shape index (κ3) is 6.96. The molecule has 0 radical (unpaired) electrons. The van der Waals surface area contributed by atoms with Crippen LogP contribution in [0.25, 0.3) is 22.3 Å². The van der Waals surface area contributed by atoms with Crippen molar-refractivity contribution >= 4 is 29.3 Å². The lowest BCUT2D eigenvalue weighted by Crippen LogP contribution is -2.20. The zero-order valence-electron chi connectivity index (χ0n) is 24.4. The summed E-state index contributed by atoms with van der Waals surface area (Å²) in [6.45, 7) is 2.46. The molecular formula is C34H29ClF3N3O5. The maximum atomic E-state index is 15.1. The minimum Gasteiger partial charge on any atom is -0.488 e. The van der Waals surface area contributed by atoms with Gasteiger partial charge >= 0.3 is 5.97 Å². The number of hydrogen-bond acceptors (Lipinski definition) is 6. The number of amides is 1. The van der Waals surface area contributed by atoms with Gasteiger partial charge < -0.3 is 25.2 Å². The first-order valence-electron chi connectivity index (χ1n) is 14.7. The molecule has 46 heavy (non-hydrogen) atoms. The summed E-state index contributed by atoms with van der Waals surface area (Å²) in [5.41, 5.74) is 1.32. The number of benzene rings is 4. The van der Waals surface area contributed by atoms with Crippen LogP contribution in [0.5, 0.6) is 11.5 Å². The van der Waals surface area contributed by atoms with Gasteiger partial charge in [0, 0.05) is 41.0 Å². The van der Waals surface area contributed by atoms with Crippen molar-refractivity contribution in [2.24, 2.45) is 0 Å². The van der Waals surface area contributed by atoms with Crippen LogP contribution in [0.1, 0.15) is 33.6 Å². The molecule has 1 amide bonds. The molecule has 0 bridgehead atoms. The standard InChI is InChI=1S/C34H29ClF3N3O5/c35-41-12-10-24(18-41)46-31-7-3-20(13-25(31)19-1-6-29(37)30(38)15-19)33(42)40-22-4-8-32(45-23-9-11-39-17-23)27(16-22)26-14-21(34(43)44)2-5-28(26)36/h1-8,13-16,23-24,39H,9-12,17-18H2,(H,40,42)(H,43,44). The maximum Gasteiger partial charge on any atom is 0.335 e. The van der Waals surface area contributed by atoms with Gasteiger partial charge in [0.05, 0.1) is 12.1 Å². The molecule has 0 aliphatic carbocycles. The Labute approximate surface area is 267 Å². The first-order chi connectivity index (χ1) is 22.1. The van der Waals surface area contributed by atoms with Gasteiger partial charge in [-0.05, 0) is 103 Å². The minimum atomic E-state index is -1.22. The number of nitrogens with one attached hydrogen (secondary N) is 2. The molecule has 2 fully saturated rings. The summed E-state index contributed by atoms with van der Waals surface area (Å²) in [4.78, 5) is 25.2. The molecule has 2 heterocycles. The van der Waals surface area contributed by atoms with Crippen molar-refractivity contribution in [1.82, 2.24) is 9.74 Å². The Morgan fingerprint density at radius 3 is 2.24 bits per heavy atom. The predicted molar refractivity (Wildman–Crippen MR) is 167 cm³/mol. The van der Waals surface area contributed by atoms with Gasteiger partial charge in [-0.3, -0.25) is 4.79 Å². The van der Waals surface area contributed by atoms with E-state index in [2.05, 4.69) is 10.6 Å². The third-order valence-electron chi connectivity index (χ3n) is 7.91. The van der Waals surface area contributed by atoms with Crippen LogP contribution in [0.4, 0.5) is 18.9 Å². The highest BCUT2D eigenvalue weighted by molar-refractivity contribution is 6.13. The van der Waals surface area contributed by atoms with Crippen molar-refractivity contribution in [2.45, 2.75) is 25.0 Å². The second kappa shape index (κ2) is 13.4. The van der Waals surface area contributed by atoms with Crippen LogP contribution < -0.4 is 20.1 Å². The Hall–Kier alpha value is -4.58. The fourth-order valence-electron chi connectivity index (χ4n) is 5.52. The maximum absolute atomic E-state index is 15.1. The van der Waals surface area contributed by atoms with Crippen molar-refractivity contribution in [3.8, 4) is 33.8 Å². The Morgan fingerprint density at radius 2 is 1.52 bits per heavy atom. The number of anilines is 1. The highest BCUT2D eigenvalue weighted by Crippen LogP contribution is 2.37. The van der Waals surface area contributed by atoms with E-state index in [0.29, 0.717) is 54.4 Å². The lowest BCUT2D eigenvalue weighted by atomic mass is 9.99. The number of halogens is 4. The molecule has 4 aromatic carbocycles. The Bertz CT molecular complexity index is 1800. The number of ether oxygens (including phenoxy) is 2. The number of nitrogens with zero attached hydrogens (tertiary/aromatic N) is 1. The van der Waals surface area contributed by atoms with Gasteiger partial charge in [0.1, 0.15) is 29.5 Å². The number of rotatable bonds is 9. The van der Waals surface area contributed by atoms with Crippen molar-refractivity contribution < 1.29 is 37.3 Å². The summed E-state index contributed by atoms with van der Waals surface area (Å²) < 4.78 is 57.0. The summed E-state index contributed by atoms with van der Waals surface area (Å²) in [6, 6.07) is 16.3. The lowest BCUT2D eigenvalue weighted by molar-refractivity contribution is 0.0696. The summed E-state index contributed by atoms with van der Waals surface area (Å²) in [7, 11) is 0. The number of carbonyl (C=O) groups is 2. The van der Waals surface area contributed by atoms with Crippen LogP contribution >= 0.6 is 11.8 Å². The Balaban J connectivity index is 1.33. The Kier molecular flexibility index (Phi) is 9.16. The van der Waals surface area contributed by atoms with E-state index in [0.717, 1.165) is 31.2 Å². The van der Waals surface area contributed by atoms with Crippen LogP contribution in [0.3, 0.4) is 0 Å². The van der Waals surface area contributed by atoms with Crippen molar-refractivity contribution in [2.75, 3.05) is 31.5 Å². The van der Waals surface area contributed by atoms with Crippen LogP contribution in [-0.4, -0.2) is 59.8 Å². The molecule has 2 saturated heterocycles. The van der Waals surface area contributed by atoms with Gasteiger partial charge in [-0.1, -0.05) is 6.07 Å². The molecule has 6 rings (SSSR count). The van der Waals surface area contributed by atoms with Crippen LogP contribution in [-0.2, 0) is 0 Å². The second-order valence-corrected chi connectivity index (χ2v) is 11.6. The van der Waals surface area contributed by atoms with E-state index in [9.17, 15) is 23.5 Å². The first kappa shape index (κ1) is 31.4. The van der Waals surface area contributed by atoms with Gasteiger partial charge in [0.25, 0.3) is 5.91 Å². The lowest BCUT2D eigenvalue weighted by Gasteiger charge is -2.19. The fourth-order valence-corrected chi connectivity index (χ4v) is 5.78. The monoisotopic (exact) mass is 651 g/mol. The normalized spacial score (nSPS) is 18.0. The largest absolute Gasteiger partial charge is 0.488 e. The molecule has 8 nitrogen and oxygen atoms in total. The average Bonchev–Trinajstić information content (AvgIpc) is 3.71. The highest BCUT2D eigenvalue weighted by Gasteiger charge is 2.25. The van der Waals surface area contributed by atoms with E-state index in [-0.39, 0.29) is 34.5 Å². The van der Waals surface area contributed by atoms with Crippen molar-refractivity contribution in [1.29, 1.82) is 0 Å². The molecule has 12 heteroatoms. The van der Waals surface area contributed by atoms with Crippen molar-refractivity contribution in [3.63, 3.8) is 0 Å². The molecule has 238 valence electrons. The number of carbonyl (C=O) groups excluding carboxylic acids is 1. The van der Waals surface area contributed by atoms with E-state index in [4.69, 9.17) is 21.3 Å². The summed E-state index contributed by atoms with van der Waals surface area (Å²) in [5.74, 6) is -3.77. The van der Waals surface area contributed by atoms with E-state index in [1.165, 1.54) is 30.3 Å². The first-order valence-corrected chi connectivity index (χ1v) is 15.0. The van der Waals surface area contributed by atoms with Crippen LogP contribution in [0.2, 0.25) is 0 Å². The molecule has 2 aliphatic rings. The van der Waals surface area contributed by atoms with Crippen LogP contribution in [0.15, 0.2) is 72.8 Å². The zero-order valence-corrected chi connectivity index (χ0v) is 25.1. The zero-order chi connectivity index (χ0) is 32.4. The number of carboxylic acids is 1. The number of aromatic carboxylic acids is 1. The quantitative estimate of drug-likeness (QED) is 0.173. The fraction of sp³-hybridized carbons (Fsp3) is 0.235. The topological polar surface area (TPSA) is 100 Å². The summed E-state index contributed by atoms with van der Waals surface area (Å²) >= 11 is 6.10. The molecular weight excluding hydrogens is 623 g/mol. The summed E-state index contributed by atoms with van der Waals surface area (Å²) in [6.07, 6.45) is 0.996. The van der Waals surface area contributed by atoms with E-state index >= 15 is 4.39 Å². The Morgan fingerprint density at radius 1 is 0.804 bits per heavy atom. The predicted octanol–water partition coefficient (Wildman–Crippen LogP) is 6.74. The third-order valence-corrected chi connectivity index (χ3v) is 8.22.